The molecule has 0 fully saturated rings. The summed E-state index contributed by atoms with van der Waals surface area (Å²) in [6.07, 6.45) is 3.05. The summed E-state index contributed by atoms with van der Waals surface area (Å²) < 4.78 is 0. The molecule has 2 atom stereocenters. The Morgan fingerprint density at radius 3 is 2.67 bits per heavy atom. The van der Waals surface area contributed by atoms with Crippen molar-refractivity contribution in [1.29, 1.82) is 0 Å². The first-order valence-corrected chi connectivity index (χ1v) is 8.08. The van der Waals surface area contributed by atoms with Gasteiger partial charge in [0.2, 0.25) is 5.88 Å². The Balaban J connectivity index is 1.87. The zero-order valence-corrected chi connectivity index (χ0v) is 13.1. The van der Waals surface area contributed by atoms with E-state index >= 15 is 0 Å². The SMILES string of the molecule is CCc1ccc(C2C=C(N)ON2C(C)c2ccccc2)s1. The minimum Gasteiger partial charge on any atom is -0.387 e. The lowest BCUT2D eigenvalue weighted by atomic mass is 10.1. The van der Waals surface area contributed by atoms with Gasteiger partial charge in [0, 0.05) is 15.8 Å². The number of thiophene rings is 1. The van der Waals surface area contributed by atoms with E-state index in [4.69, 9.17) is 10.6 Å². The largest absolute Gasteiger partial charge is 0.387 e. The highest BCUT2D eigenvalue weighted by Gasteiger charge is 2.33. The fourth-order valence-corrected chi connectivity index (χ4v) is 3.60. The Labute approximate surface area is 129 Å². The van der Waals surface area contributed by atoms with Crippen molar-refractivity contribution in [1.82, 2.24) is 5.06 Å². The summed E-state index contributed by atoms with van der Waals surface area (Å²) in [6.45, 7) is 4.32. The van der Waals surface area contributed by atoms with Gasteiger partial charge >= 0.3 is 0 Å². The fraction of sp³-hybridized carbons (Fsp3) is 0.294. The van der Waals surface area contributed by atoms with Crippen molar-refractivity contribution in [2.75, 3.05) is 0 Å². The van der Waals surface area contributed by atoms with E-state index in [0.29, 0.717) is 5.88 Å². The molecule has 0 saturated carbocycles. The molecule has 2 heterocycles. The van der Waals surface area contributed by atoms with Crippen molar-refractivity contribution in [3.05, 3.63) is 69.7 Å². The monoisotopic (exact) mass is 300 g/mol. The Bertz CT molecular complexity index is 635. The van der Waals surface area contributed by atoms with Gasteiger partial charge in [-0.15, -0.1) is 16.4 Å². The molecule has 0 bridgehead atoms. The highest BCUT2D eigenvalue weighted by atomic mass is 32.1. The number of hydroxylamine groups is 2. The van der Waals surface area contributed by atoms with Crippen molar-refractivity contribution in [2.24, 2.45) is 5.73 Å². The first kappa shape index (κ1) is 14.2. The maximum atomic E-state index is 5.91. The molecule has 0 spiro atoms. The van der Waals surface area contributed by atoms with Gasteiger partial charge in [-0.1, -0.05) is 37.3 Å². The highest BCUT2D eigenvalue weighted by molar-refractivity contribution is 7.12. The van der Waals surface area contributed by atoms with Crippen LogP contribution in [0, 0.1) is 0 Å². The average Bonchev–Trinajstić information content (AvgIpc) is 3.13. The minimum atomic E-state index is 0.0884. The van der Waals surface area contributed by atoms with Gasteiger partial charge in [-0.05, 0) is 31.0 Å². The Hall–Kier alpha value is -1.78. The van der Waals surface area contributed by atoms with Gasteiger partial charge in [-0.25, -0.2) is 0 Å². The number of benzene rings is 1. The quantitative estimate of drug-likeness (QED) is 0.921. The van der Waals surface area contributed by atoms with Crippen LogP contribution in [-0.4, -0.2) is 5.06 Å². The summed E-state index contributed by atoms with van der Waals surface area (Å²) in [5.74, 6) is 0.481. The molecular formula is C17H20N2OS. The third kappa shape index (κ3) is 2.82. The van der Waals surface area contributed by atoms with E-state index in [1.54, 1.807) is 0 Å². The summed E-state index contributed by atoms with van der Waals surface area (Å²) in [5.41, 5.74) is 7.13. The van der Waals surface area contributed by atoms with E-state index in [2.05, 4.69) is 38.1 Å². The normalized spacial score (nSPS) is 20.1. The van der Waals surface area contributed by atoms with E-state index in [1.165, 1.54) is 15.3 Å². The van der Waals surface area contributed by atoms with Gasteiger partial charge in [-0.3, -0.25) is 0 Å². The number of nitrogens with zero attached hydrogens (tertiary/aromatic N) is 1. The molecule has 4 heteroatoms. The maximum Gasteiger partial charge on any atom is 0.207 e. The zero-order chi connectivity index (χ0) is 14.8. The molecule has 21 heavy (non-hydrogen) atoms. The van der Waals surface area contributed by atoms with Gasteiger partial charge in [0.05, 0.1) is 6.04 Å². The van der Waals surface area contributed by atoms with Crippen LogP contribution in [0.5, 0.6) is 0 Å². The molecule has 2 N–H and O–H groups in total. The van der Waals surface area contributed by atoms with Gasteiger partial charge in [-0.2, -0.15) is 0 Å². The van der Waals surface area contributed by atoms with Crippen LogP contribution in [0.4, 0.5) is 0 Å². The molecule has 0 amide bonds. The number of nitrogens with two attached hydrogens (primary N) is 1. The lowest BCUT2D eigenvalue weighted by Crippen LogP contribution is -2.26. The fourth-order valence-electron chi connectivity index (χ4n) is 2.59. The number of hydrogen-bond acceptors (Lipinski definition) is 4. The lowest BCUT2D eigenvalue weighted by Gasteiger charge is -2.28. The second-order valence-corrected chi connectivity index (χ2v) is 6.41. The zero-order valence-electron chi connectivity index (χ0n) is 12.3. The second kappa shape index (κ2) is 5.92. The van der Waals surface area contributed by atoms with Gasteiger partial charge < -0.3 is 10.6 Å². The third-order valence-corrected chi connectivity index (χ3v) is 5.09. The van der Waals surface area contributed by atoms with Gasteiger partial charge in [0.15, 0.2) is 0 Å². The lowest BCUT2D eigenvalue weighted by molar-refractivity contribution is -0.149. The summed E-state index contributed by atoms with van der Waals surface area (Å²) in [5, 5.41) is 1.98. The summed E-state index contributed by atoms with van der Waals surface area (Å²) in [6, 6.07) is 15.0. The molecular weight excluding hydrogens is 280 g/mol. The van der Waals surface area contributed by atoms with Crippen LogP contribution in [0.2, 0.25) is 0 Å². The van der Waals surface area contributed by atoms with Crippen LogP contribution in [-0.2, 0) is 11.3 Å². The van der Waals surface area contributed by atoms with Crippen LogP contribution >= 0.6 is 11.3 Å². The Kier molecular flexibility index (Phi) is 3.99. The number of aryl methyl sites for hydroxylation is 1. The topological polar surface area (TPSA) is 38.5 Å². The summed E-state index contributed by atoms with van der Waals surface area (Å²) in [4.78, 5) is 8.42. The first-order valence-electron chi connectivity index (χ1n) is 7.26. The van der Waals surface area contributed by atoms with E-state index in [0.717, 1.165) is 6.42 Å². The van der Waals surface area contributed by atoms with Crippen LogP contribution in [0.3, 0.4) is 0 Å². The molecule has 0 saturated heterocycles. The van der Waals surface area contributed by atoms with Crippen LogP contribution in [0.1, 0.15) is 41.2 Å². The molecule has 1 aromatic heterocycles. The van der Waals surface area contributed by atoms with Crippen molar-refractivity contribution in [3.8, 4) is 0 Å². The van der Waals surface area contributed by atoms with E-state index in [9.17, 15) is 0 Å². The summed E-state index contributed by atoms with van der Waals surface area (Å²) in [7, 11) is 0. The van der Waals surface area contributed by atoms with Crippen LogP contribution in [0.25, 0.3) is 0 Å². The van der Waals surface area contributed by atoms with Crippen molar-refractivity contribution < 1.29 is 4.84 Å². The van der Waals surface area contributed by atoms with Crippen LogP contribution < -0.4 is 5.73 Å². The van der Waals surface area contributed by atoms with Crippen LogP contribution in [0.15, 0.2) is 54.4 Å². The molecule has 1 aromatic carbocycles. The van der Waals surface area contributed by atoms with Gasteiger partial charge in [0.1, 0.15) is 6.04 Å². The standard InChI is InChI=1S/C17H20N2OS/c1-3-14-9-10-16(21-14)15-11-17(18)20-19(15)12(2)13-7-5-4-6-8-13/h4-12,15H,3,18H2,1-2H3. The second-order valence-electron chi connectivity index (χ2n) is 5.21. The first-order chi connectivity index (χ1) is 10.2. The number of rotatable bonds is 4. The molecule has 0 radical (unpaired) electrons. The third-order valence-electron chi connectivity index (χ3n) is 3.79. The predicted octanol–water partition coefficient (Wildman–Crippen LogP) is 4.16. The molecule has 2 aromatic rings. The molecule has 0 aliphatic carbocycles. The number of hydrogen-bond donors (Lipinski definition) is 1. The van der Waals surface area contributed by atoms with E-state index in [-0.39, 0.29) is 12.1 Å². The summed E-state index contributed by atoms with van der Waals surface area (Å²) >= 11 is 1.83. The molecule has 110 valence electrons. The minimum absolute atomic E-state index is 0.0884. The van der Waals surface area contributed by atoms with Crippen molar-refractivity contribution in [2.45, 2.75) is 32.4 Å². The molecule has 1 aliphatic rings. The maximum absolute atomic E-state index is 5.91. The Morgan fingerprint density at radius 1 is 1.24 bits per heavy atom. The van der Waals surface area contributed by atoms with E-state index in [1.807, 2.05) is 40.7 Å². The smallest absolute Gasteiger partial charge is 0.207 e. The molecule has 3 rings (SSSR count). The van der Waals surface area contributed by atoms with Crippen molar-refractivity contribution in [3.63, 3.8) is 0 Å². The molecule has 1 aliphatic heterocycles. The highest BCUT2D eigenvalue weighted by Crippen LogP contribution is 2.39. The molecule has 3 nitrogen and oxygen atoms in total. The van der Waals surface area contributed by atoms with Crippen molar-refractivity contribution >= 4 is 11.3 Å². The van der Waals surface area contributed by atoms with E-state index < -0.39 is 0 Å². The Morgan fingerprint density at radius 2 is 2.00 bits per heavy atom. The van der Waals surface area contributed by atoms with Gasteiger partial charge in [0.25, 0.3) is 0 Å². The predicted molar refractivity (Wildman–Crippen MR) is 86.5 cm³/mol. The average molecular weight is 300 g/mol. The molecule has 2 unspecified atom stereocenters.